The predicted octanol–water partition coefficient (Wildman–Crippen LogP) is -4.48. The first-order chi connectivity index (χ1) is 35.7. The number of anilines is 1. The standard InChI is InChI=1S/C49H76N10O16/c1-3-30-49(75)59(23-28-20-27(12-14-31(28)54-30)48(74)58(2)24-39-55-32-10-6-7-11-33(32)56-39)19-9-5-4-8-18-51-47(73)34(15-17-41(67)53-22-36(63)43(69)45(71)38(65)26-61)57-46(72)29(50)13-16-40(66)52-21-35(62)42(68)44(70)37(64)25-60/h6-7,10-12,14,20,29-30,34-38,42-45,54,60-65,68-71H,3-5,8-9,13,15-19,21-26,50H2,1-2H3,(H,51,73)(H,52,66)(H,53,67)(H,55,56)(H,57,72)/t29-,30-,34-,35+,36?,37?,38?,42+,43-,44+,45-/m0/s1. The predicted molar refractivity (Wildman–Crippen MR) is 270 cm³/mol. The van der Waals surface area contributed by atoms with E-state index in [1.54, 1.807) is 29.0 Å². The van der Waals surface area contributed by atoms with Gasteiger partial charge in [-0.3, -0.25) is 28.8 Å². The molecule has 26 nitrogen and oxygen atoms in total. The summed E-state index contributed by atoms with van der Waals surface area (Å²) in [6.45, 7) is 0.0874. The average Bonchev–Trinajstić information content (AvgIpc) is 3.77. The van der Waals surface area contributed by atoms with Crippen LogP contribution in [0.25, 0.3) is 11.0 Å². The first-order valence-electron chi connectivity index (χ1n) is 25.1. The number of imidazole rings is 1. The second-order valence-electron chi connectivity index (χ2n) is 18.8. The van der Waals surface area contributed by atoms with E-state index in [-0.39, 0.29) is 50.7 Å². The van der Waals surface area contributed by atoms with Gasteiger partial charge in [0.25, 0.3) is 5.91 Å². The number of para-hydroxylation sites is 2. The number of nitrogens with two attached hydrogens (primary N) is 1. The maximum Gasteiger partial charge on any atom is 0.254 e. The molecule has 418 valence electrons. The van der Waals surface area contributed by atoms with Gasteiger partial charge in [-0.1, -0.05) is 31.9 Å². The van der Waals surface area contributed by atoms with Crippen LogP contribution in [0.5, 0.6) is 0 Å². The number of aliphatic hydroxyl groups is 10. The molecule has 0 radical (unpaired) electrons. The maximum absolute atomic E-state index is 13.7. The molecule has 26 heteroatoms. The number of aromatic amines is 1. The van der Waals surface area contributed by atoms with Gasteiger partial charge in [-0.2, -0.15) is 0 Å². The minimum atomic E-state index is -1.94. The summed E-state index contributed by atoms with van der Waals surface area (Å²) in [4.78, 5) is 90.3. The molecule has 18 N–H and O–H groups in total. The minimum absolute atomic E-state index is 0.0726. The molecule has 3 unspecified atom stereocenters. The van der Waals surface area contributed by atoms with Gasteiger partial charge >= 0.3 is 0 Å². The number of hydrogen-bond acceptors (Lipinski definition) is 19. The molecule has 1 aliphatic heterocycles. The molecule has 6 amide bonds. The van der Waals surface area contributed by atoms with Crippen LogP contribution in [0.1, 0.15) is 86.5 Å². The number of benzene rings is 2. The summed E-state index contributed by atoms with van der Waals surface area (Å²) >= 11 is 0. The van der Waals surface area contributed by atoms with Crippen molar-refractivity contribution in [1.82, 2.24) is 41.0 Å². The van der Waals surface area contributed by atoms with Crippen molar-refractivity contribution < 1.29 is 79.8 Å². The van der Waals surface area contributed by atoms with Crippen LogP contribution in [0.2, 0.25) is 0 Å². The second kappa shape index (κ2) is 30.6. The molecule has 0 aliphatic carbocycles. The number of unbranched alkanes of at least 4 members (excludes halogenated alkanes) is 3. The number of aromatic nitrogens is 2. The van der Waals surface area contributed by atoms with E-state index in [9.17, 15) is 69.6 Å². The number of nitrogens with zero attached hydrogens (tertiary/aromatic N) is 3. The van der Waals surface area contributed by atoms with Crippen molar-refractivity contribution in [2.45, 2.75) is 145 Å². The van der Waals surface area contributed by atoms with E-state index in [0.29, 0.717) is 50.0 Å². The van der Waals surface area contributed by atoms with Crippen molar-refractivity contribution in [3.8, 4) is 0 Å². The number of rotatable bonds is 32. The zero-order valence-electron chi connectivity index (χ0n) is 42.3. The molecule has 0 saturated heterocycles. The number of amides is 6. The summed E-state index contributed by atoms with van der Waals surface area (Å²) in [6.07, 6.45) is -13.0. The van der Waals surface area contributed by atoms with Crippen LogP contribution in [-0.2, 0) is 37.1 Å². The van der Waals surface area contributed by atoms with Crippen molar-refractivity contribution >= 4 is 52.2 Å². The molecule has 0 spiro atoms. The van der Waals surface area contributed by atoms with E-state index in [0.717, 1.165) is 22.3 Å². The highest BCUT2D eigenvalue weighted by Gasteiger charge is 2.33. The lowest BCUT2D eigenvalue weighted by atomic mass is 10.0. The largest absolute Gasteiger partial charge is 0.394 e. The van der Waals surface area contributed by atoms with E-state index in [1.165, 1.54) is 0 Å². The third-order valence-electron chi connectivity index (χ3n) is 12.9. The van der Waals surface area contributed by atoms with Gasteiger partial charge < -0.3 is 98.2 Å². The lowest BCUT2D eigenvalue weighted by Crippen LogP contribution is -2.52. The Bertz CT molecular complexity index is 2290. The summed E-state index contributed by atoms with van der Waals surface area (Å²) in [6, 6.07) is 9.81. The van der Waals surface area contributed by atoms with Gasteiger partial charge in [-0.15, -0.1) is 0 Å². The number of aliphatic hydroxyl groups excluding tert-OH is 10. The van der Waals surface area contributed by atoms with Crippen LogP contribution in [0.3, 0.4) is 0 Å². The van der Waals surface area contributed by atoms with Crippen LogP contribution in [-0.4, -0.2) is 220 Å². The topological polar surface area (TPSA) is 426 Å². The van der Waals surface area contributed by atoms with Crippen LogP contribution < -0.4 is 32.3 Å². The van der Waals surface area contributed by atoms with Gasteiger partial charge in [0.05, 0.1) is 49.0 Å². The molecule has 4 rings (SSSR count). The normalized spacial score (nSPS) is 17.6. The van der Waals surface area contributed by atoms with E-state index in [1.807, 2.05) is 37.3 Å². The smallest absolute Gasteiger partial charge is 0.254 e. The Morgan fingerprint density at radius 1 is 0.773 bits per heavy atom. The van der Waals surface area contributed by atoms with Crippen LogP contribution in [0.15, 0.2) is 42.5 Å². The summed E-state index contributed by atoms with van der Waals surface area (Å²) < 4.78 is 0. The molecule has 0 fully saturated rings. The van der Waals surface area contributed by atoms with Gasteiger partial charge in [-0.05, 0) is 68.0 Å². The number of fused-ring (bicyclic) bond motifs is 2. The van der Waals surface area contributed by atoms with Gasteiger partial charge in [0.2, 0.25) is 29.5 Å². The fraction of sp³-hybridized carbons (Fsp3) is 0.612. The summed E-state index contributed by atoms with van der Waals surface area (Å²) in [5, 5.41) is 110. The van der Waals surface area contributed by atoms with Gasteiger partial charge in [0, 0.05) is 63.9 Å². The fourth-order valence-corrected chi connectivity index (χ4v) is 8.15. The van der Waals surface area contributed by atoms with Crippen molar-refractivity contribution in [3.63, 3.8) is 0 Å². The molecule has 0 bridgehead atoms. The van der Waals surface area contributed by atoms with Gasteiger partial charge in [0.15, 0.2) is 0 Å². The maximum atomic E-state index is 13.7. The van der Waals surface area contributed by atoms with Crippen molar-refractivity contribution in [2.75, 3.05) is 51.8 Å². The number of nitrogens with one attached hydrogen (secondary N) is 6. The Labute approximate surface area is 433 Å². The van der Waals surface area contributed by atoms with Crippen LogP contribution in [0, 0.1) is 0 Å². The Hall–Kier alpha value is -5.91. The molecular formula is C49H76N10O16. The van der Waals surface area contributed by atoms with Gasteiger partial charge in [-0.25, -0.2) is 4.98 Å². The third-order valence-corrected chi connectivity index (χ3v) is 12.9. The fourth-order valence-electron chi connectivity index (χ4n) is 8.15. The molecule has 0 saturated carbocycles. The Kier molecular flexibility index (Phi) is 25.1. The van der Waals surface area contributed by atoms with Crippen LogP contribution >= 0.6 is 0 Å². The Balaban J connectivity index is 1.29. The molecule has 75 heavy (non-hydrogen) atoms. The number of hydrogen-bond donors (Lipinski definition) is 17. The first kappa shape index (κ1) is 61.6. The van der Waals surface area contributed by atoms with Gasteiger partial charge in [0.1, 0.15) is 54.5 Å². The number of carbonyl (C=O) groups excluding carboxylic acids is 6. The second-order valence-corrected chi connectivity index (χ2v) is 18.8. The molecule has 1 aromatic heterocycles. The molecule has 3 aromatic rings. The SMILES string of the molecule is CC[C@@H]1Nc2ccc(C(=O)N(C)Cc3nc4ccccc4[nH]3)cc2CN(CCCCCCNC(=O)[C@H](CCC(=O)NCC(O)[C@H](O)[C@@H](O)C(O)CO)NC(=O)[C@@H](N)CCC(=O)NC[C@@H](O)[C@@H](O)[C@H](O)C(O)CO)C1=O. The highest BCUT2D eigenvalue weighted by Crippen LogP contribution is 2.27. The lowest BCUT2D eigenvalue weighted by molar-refractivity contribution is -0.132. The van der Waals surface area contributed by atoms with E-state index in [2.05, 4.69) is 36.6 Å². The summed E-state index contributed by atoms with van der Waals surface area (Å²) in [5.74, 6) is -2.63. The third kappa shape index (κ3) is 18.7. The monoisotopic (exact) mass is 1060 g/mol. The summed E-state index contributed by atoms with van der Waals surface area (Å²) in [7, 11) is 1.70. The average molecular weight is 1060 g/mol. The van der Waals surface area contributed by atoms with Crippen molar-refractivity contribution in [1.29, 1.82) is 0 Å². The molecule has 11 atom stereocenters. The van der Waals surface area contributed by atoms with E-state index in [4.69, 9.17) is 15.9 Å². The highest BCUT2D eigenvalue weighted by molar-refractivity contribution is 5.95. The molecule has 2 aromatic carbocycles. The zero-order chi connectivity index (χ0) is 55.4. The van der Waals surface area contributed by atoms with E-state index >= 15 is 0 Å². The van der Waals surface area contributed by atoms with Crippen molar-refractivity contribution in [2.24, 2.45) is 5.73 Å². The number of carbonyl (C=O) groups is 6. The zero-order valence-corrected chi connectivity index (χ0v) is 42.3. The molecule has 2 heterocycles. The molecule has 1 aliphatic rings. The van der Waals surface area contributed by atoms with E-state index < -0.39 is 123 Å². The first-order valence-corrected chi connectivity index (χ1v) is 25.1. The highest BCUT2D eigenvalue weighted by atomic mass is 16.4. The molecular weight excluding hydrogens is 985 g/mol. The quantitative estimate of drug-likeness (QED) is 0.0262. The Morgan fingerprint density at radius 2 is 1.36 bits per heavy atom. The number of H-pyrrole nitrogens is 1. The summed E-state index contributed by atoms with van der Waals surface area (Å²) in [5.41, 5.74) is 9.74. The van der Waals surface area contributed by atoms with Crippen molar-refractivity contribution in [3.05, 3.63) is 59.4 Å². The Morgan fingerprint density at radius 3 is 1.96 bits per heavy atom. The minimum Gasteiger partial charge on any atom is -0.394 e. The lowest BCUT2D eigenvalue weighted by Gasteiger charge is -2.26. The van der Waals surface area contributed by atoms with Crippen LogP contribution in [0.4, 0.5) is 5.69 Å².